The van der Waals surface area contributed by atoms with Crippen molar-refractivity contribution in [3.8, 4) is 0 Å². The molecular weight excluding hydrogens is 236 g/mol. The van der Waals surface area contributed by atoms with E-state index >= 15 is 0 Å². The zero-order valence-corrected chi connectivity index (χ0v) is 9.66. The van der Waals surface area contributed by atoms with Crippen molar-refractivity contribution in [3.05, 3.63) is 53.7 Å². The molecule has 3 N–H and O–H groups in total. The van der Waals surface area contributed by atoms with Gasteiger partial charge in [-0.25, -0.2) is 13.8 Å². The molecule has 1 heterocycles. The van der Waals surface area contributed by atoms with Gasteiger partial charge < -0.3 is 11.1 Å². The molecule has 2 rings (SSSR count). The molecule has 2 aromatic rings. The molecule has 0 atom stereocenters. The van der Waals surface area contributed by atoms with Crippen molar-refractivity contribution in [3.63, 3.8) is 0 Å². The SMILES string of the molecule is Nc1cccnc1NCCc1cc(F)cc(F)c1. The summed E-state index contributed by atoms with van der Waals surface area (Å²) in [6, 6.07) is 6.95. The van der Waals surface area contributed by atoms with Crippen LogP contribution < -0.4 is 11.1 Å². The predicted molar refractivity (Wildman–Crippen MR) is 67.2 cm³/mol. The monoisotopic (exact) mass is 249 g/mol. The first-order valence-electron chi connectivity index (χ1n) is 5.54. The molecule has 0 aliphatic rings. The van der Waals surface area contributed by atoms with Gasteiger partial charge in [0, 0.05) is 18.8 Å². The number of halogens is 2. The molecule has 0 fully saturated rings. The summed E-state index contributed by atoms with van der Waals surface area (Å²) in [6.07, 6.45) is 2.12. The topological polar surface area (TPSA) is 50.9 Å². The van der Waals surface area contributed by atoms with Crippen molar-refractivity contribution in [2.45, 2.75) is 6.42 Å². The van der Waals surface area contributed by atoms with Crippen LogP contribution >= 0.6 is 0 Å². The lowest BCUT2D eigenvalue weighted by Gasteiger charge is -2.07. The Labute approximate surface area is 104 Å². The van der Waals surface area contributed by atoms with E-state index in [0.717, 1.165) is 6.07 Å². The maximum Gasteiger partial charge on any atom is 0.149 e. The van der Waals surface area contributed by atoms with Crippen LogP contribution in [0.15, 0.2) is 36.5 Å². The normalized spacial score (nSPS) is 10.3. The molecular formula is C13H13F2N3. The Morgan fingerprint density at radius 1 is 1.17 bits per heavy atom. The predicted octanol–water partition coefficient (Wildman–Crippen LogP) is 2.60. The van der Waals surface area contributed by atoms with Crippen LogP contribution in [-0.4, -0.2) is 11.5 Å². The number of benzene rings is 1. The highest BCUT2D eigenvalue weighted by Gasteiger charge is 2.02. The van der Waals surface area contributed by atoms with Crippen LogP contribution in [0.2, 0.25) is 0 Å². The van der Waals surface area contributed by atoms with Crippen molar-refractivity contribution < 1.29 is 8.78 Å². The first kappa shape index (κ1) is 12.3. The van der Waals surface area contributed by atoms with Gasteiger partial charge in [0.05, 0.1) is 5.69 Å². The fraction of sp³-hybridized carbons (Fsp3) is 0.154. The fourth-order valence-corrected chi connectivity index (χ4v) is 1.65. The molecule has 0 aliphatic heterocycles. The molecule has 0 bridgehead atoms. The minimum absolute atomic E-state index is 0.491. The highest BCUT2D eigenvalue weighted by molar-refractivity contribution is 5.60. The number of anilines is 2. The Morgan fingerprint density at radius 3 is 2.56 bits per heavy atom. The Kier molecular flexibility index (Phi) is 3.72. The van der Waals surface area contributed by atoms with Gasteiger partial charge in [-0.15, -0.1) is 0 Å². The quantitative estimate of drug-likeness (QED) is 0.875. The van der Waals surface area contributed by atoms with Gasteiger partial charge in [-0.3, -0.25) is 0 Å². The van der Waals surface area contributed by atoms with Crippen LogP contribution in [0.25, 0.3) is 0 Å². The summed E-state index contributed by atoms with van der Waals surface area (Å²) in [5.74, 6) is -0.556. The van der Waals surface area contributed by atoms with Gasteiger partial charge in [0.15, 0.2) is 0 Å². The smallest absolute Gasteiger partial charge is 0.149 e. The number of rotatable bonds is 4. The molecule has 0 amide bonds. The molecule has 3 nitrogen and oxygen atoms in total. The minimum Gasteiger partial charge on any atom is -0.396 e. The lowest BCUT2D eigenvalue weighted by Crippen LogP contribution is -2.08. The van der Waals surface area contributed by atoms with E-state index in [-0.39, 0.29) is 0 Å². The van der Waals surface area contributed by atoms with Crippen molar-refractivity contribution >= 4 is 11.5 Å². The third kappa shape index (κ3) is 3.16. The first-order chi connectivity index (χ1) is 8.65. The van der Waals surface area contributed by atoms with E-state index in [1.165, 1.54) is 12.1 Å². The summed E-state index contributed by atoms with van der Waals surface area (Å²) < 4.78 is 25.9. The highest BCUT2D eigenvalue weighted by Crippen LogP contribution is 2.13. The summed E-state index contributed by atoms with van der Waals surface area (Å²) in [5.41, 5.74) is 6.84. The molecule has 0 saturated heterocycles. The number of pyridine rings is 1. The van der Waals surface area contributed by atoms with Crippen LogP contribution in [0.4, 0.5) is 20.3 Å². The number of nitrogen functional groups attached to an aromatic ring is 1. The van der Waals surface area contributed by atoms with Crippen LogP contribution in [0.5, 0.6) is 0 Å². The van der Waals surface area contributed by atoms with E-state index in [4.69, 9.17) is 5.73 Å². The summed E-state index contributed by atoms with van der Waals surface area (Å²) in [4.78, 5) is 4.06. The van der Waals surface area contributed by atoms with E-state index in [0.29, 0.717) is 30.0 Å². The van der Waals surface area contributed by atoms with Crippen molar-refractivity contribution in [1.82, 2.24) is 4.98 Å². The third-order valence-electron chi connectivity index (χ3n) is 2.47. The van der Waals surface area contributed by atoms with Crippen LogP contribution in [0, 0.1) is 11.6 Å². The number of nitrogens with one attached hydrogen (secondary N) is 1. The molecule has 5 heteroatoms. The van der Waals surface area contributed by atoms with Crippen molar-refractivity contribution in [1.29, 1.82) is 0 Å². The number of aromatic nitrogens is 1. The van der Waals surface area contributed by atoms with Crippen LogP contribution in [0.1, 0.15) is 5.56 Å². The summed E-state index contributed by atoms with van der Waals surface area (Å²) >= 11 is 0. The van der Waals surface area contributed by atoms with Gasteiger partial charge in [-0.05, 0) is 36.2 Å². The molecule has 1 aromatic carbocycles. The Hall–Kier alpha value is -2.17. The maximum atomic E-state index is 12.9. The lowest BCUT2D eigenvalue weighted by molar-refractivity contribution is 0.580. The second kappa shape index (κ2) is 5.44. The number of hydrogen-bond donors (Lipinski definition) is 2. The molecule has 0 unspecified atom stereocenters. The van der Waals surface area contributed by atoms with Crippen LogP contribution in [-0.2, 0) is 6.42 Å². The van der Waals surface area contributed by atoms with Crippen LogP contribution in [0.3, 0.4) is 0 Å². The van der Waals surface area contributed by atoms with Gasteiger partial charge in [0.1, 0.15) is 17.5 Å². The summed E-state index contributed by atoms with van der Waals surface area (Å²) in [7, 11) is 0. The van der Waals surface area contributed by atoms with Gasteiger partial charge >= 0.3 is 0 Å². The summed E-state index contributed by atoms with van der Waals surface area (Å²) in [6.45, 7) is 0.504. The number of hydrogen-bond acceptors (Lipinski definition) is 3. The fourth-order valence-electron chi connectivity index (χ4n) is 1.65. The first-order valence-corrected chi connectivity index (χ1v) is 5.54. The van der Waals surface area contributed by atoms with Gasteiger partial charge in [-0.1, -0.05) is 0 Å². The number of nitrogens with two attached hydrogens (primary N) is 1. The third-order valence-corrected chi connectivity index (χ3v) is 2.47. The number of nitrogens with zero attached hydrogens (tertiary/aromatic N) is 1. The molecule has 0 radical (unpaired) electrons. The van der Waals surface area contributed by atoms with Crippen molar-refractivity contribution in [2.75, 3.05) is 17.6 Å². The zero-order chi connectivity index (χ0) is 13.0. The van der Waals surface area contributed by atoms with E-state index in [1.807, 2.05) is 0 Å². The zero-order valence-electron chi connectivity index (χ0n) is 9.66. The lowest BCUT2D eigenvalue weighted by atomic mass is 10.1. The average molecular weight is 249 g/mol. The Balaban J connectivity index is 1.94. The van der Waals surface area contributed by atoms with E-state index in [2.05, 4.69) is 10.3 Å². The van der Waals surface area contributed by atoms with E-state index in [1.54, 1.807) is 18.3 Å². The molecule has 0 spiro atoms. The summed E-state index contributed by atoms with van der Waals surface area (Å²) in [5, 5.41) is 3.02. The van der Waals surface area contributed by atoms with Crippen molar-refractivity contribution in [2.24, 2.45) is 0 Å². The van der Waals surface area contributed by atoms with E-state index < -0.39 is 11.6 Å². The molecule has 1 aromatic heterocycles. The Bertz CT molecular complexity index is 523. The highest BCUT2D eigenvalue weighted by atomic mass is 19.1. The van der Waals surface area contributed by atoms with Gasteiger partial charge in [0.25, 0.3) is 0 Å². The molecule has 94 valence electrons. The molecule has 0 saturated carbocycles. The molecule has 0 aliphatic carbocycles. The maximum absolute atomic E-state index is 12.9. The second-order valence-corrected chi connectivity index (χ2v) is 3.90. The van der Waals surface area contributed by atoms with Gasteiger partial charge in [0.2, 0.25) is 0 Å². The average Bonchev–Trinajstić information content (AvgIpc) is 2.30. The van der Waals surface area contributed by atoms with Gasteiger partial charge in [-0.2, -0.15) is 0 Å². The Morgan fingerprint density at radius 2 is 1.89 bits per heavy atom. The minimum atomic E-state index is -0.567. The standard InChI is InChI=1S/C13H13F2N3/c14-10-6-9(7-11(15)8-10)3-5-18-13-12(16)2-1-4-17-13/h1-2,4,6-8H,3,5,16H2,(H,17,18). The second-order valence-electron chi connectivity index (χ2n) is 3.90. The largest absolute Gasteiger partial charge is 0.396 e. The molecule has 18 heavy (non-hydrogen) atoms. The van der Waals surface area contributed by atoms with E-state index in [9.17, 15) is 8.78 Å².